The zero-order chi connectivity index (χ0) is 18.4. The van der Waals surface area contributed by atoms with Gasteiger partial charge in [-0.25, -0.2) is 0 Å². The van der Waals surface area contributed by atoms with Crippen LogP contribution in [0.2, 0.25) is 0 Å². The molecule has 0 unspecified atom stereocenters. The summed E-state index contributed by atoms with van der Waals surface area (Å²) in [5.41, 5.74) is 1.37. The number of nitrogens with one attached hydrogen (secondary N) is 1. The summed E-state index contributed by atoms with van der Waals surface area (Å²) in [4.78, 5) is 29.2. The number of piperidine rings is 1. The SMILES string of the molecule is CC1CCN(C(=O)c2cccc(NC(=O)CN3CCCCCC3)c2)CC1. The molecule has 0 spiro atoms. The summed E-state index contributed by atoms with van der Waals surface area (Å²) >= 11 is 0. The van der Waals surface area contributed by atoms with Gasteiger partial charge in [0, 0.05) is 24.3 Å². The third-order valence-corrected chi connectivity index (χ3v) is 5.53. The number of benzene rings is 1. The molecule has 1 aromatic rings. The van der Waals surface area contributed by atoms with Crippen LogP contribution in [-0.4, -0.2) is 54.3 Å². The third kappa shape index (κ3) is 5.31. The number of carbonyl (C=O) groups is 2. The highest BCUT2D eigenvalue weighted by atomic mass is 16.2. The van der Waals surface area contributed by atoms with Gasteiger partial charge in [-0.05, 0) is 62.9 Å². The number of anilines is 1. The quantitative estimate of drug-likeness (QED) is 0.899. The first-order chi connectivity index (χ1) is 12.6. The van der Waals surface area contributed by atoms with E-state index in [0.29, 0.717) is 23.7 Å². The fourth-order valence-corrected chi connectivity index (χ4v) is 3.82. The number of carbonyl (C=O) groups excluding carboxylic acids is 2. The summed E-state index contributed by atoms with van der Waals surface area (Å²) in [7, 11) is 0. The minimum atomic E-state index is 0.00305. The van der Waals surface area contributed by atoms with E-state index in [0.717, 1.165) is 39.0 Å². The zero-order valence-electron chi connectivity index (χ0n) is 15.9. The summed E-state index contributed by atoms with van der Waals surface area (Å²) in [5.74, 6) is 0.771. The number of hydrogen-bond donors (Lipinski definition) is 1. The van der Waals surface area contributed by atoms with Gasteiger partial charge in [-0.2, -0.15) is 0 Å². The van der Waals surface area contributed by atoms with E-state index in [1.807, 2.05) is 23.1 Å². The van der Waals surface area contributed by atoms with E-state index in [9.17, 15) is 9.59 Å². The van der Waals surface area contributed by atoms with Gasteiger partial charge in [0.25, 0.3) is 5.91 Å². The molecule has 2 heterocycles. The average molecular weight is 357 g/mol. The van der Waals surface area contributed by atoms with Crippen LogP contribution in [0.5, 0.6) is 0 Å². The van der Waals surface area contributed by atoms with Crippen molar-refractivity contribution in [2.24, 2.45) is 5.92 Å². The lowest BCUT2D eigenvalue weighted by Gasteiger charge is -2.30. The van der Waals surface area contributed by atoms with Gasteiger partial charge in [-0.1, -0.05) is 25.8 Å². The molecule has 0 aliphatic carbocycles. The van der Waals surface area contributed by atoms with Crippen LogP contribution in [-0.2, 0) is 4.79 Å². The molecule has 1 N–H and O–H groups in total. The molecule has 0 aromatic heterocycles. The maximum absolute atomic E-state index is 12.7. The molecule has 0 saturated carbocycles. The fourth-order valence-electron chi connectivity index (χ4n) is 3.82. The molecule has 0 atom stereocenters. The lowest BCUT2D eigenvalue weighted by atomic mass is 9.98. The molecule has 5 heteroatoms. The first-order valence-electron chi connectivity index (χ1n) is 10.0. The predicted octanol–water partition coefficient (Wildman–Crippen LogP) is 3.37. The van der Waals surface area contributed by atoms with Crippen LogP contribution in [0.4, 0.5) is 5.69 Å². The minimum absolute atomic E-state index is 0.00305. The molecule has 1 aromatic carbocycles. The molecule has 2 saturated heterocycles. The lowest BCUT2D eigenvalue weighted by molar-refractivity contribution is -0.117. The summed E-state index contributed by atoms with van der Waals surface area (Å²) in [5, 5.41) is 2.96. The molecule has 0 radical (unpaired) electrons. The summed E-state index contributed by atoms with van der Waals surface area (Å²) in [6, 6.07) is 7.35. The molecule has 2 amide bonds. The van der Waals surface area contributed by atoms with Crippen molar-refractivity contribution in [3.63, 3.8) is 0 Å². The van der Waals surface area contributed by atoms with E-state index in [4.69, 9.17) is 0 Å². The third-order valence-electron chi connectivity index (χ3n) is 5.53. The molecule has 2 fully saturated rings. The first-order valence-corrected chi connectivity index (χ1v) is 10.0. The molecule has 0 bridgehead atoms. The van der Waals surface area contributed by atoms with Gasteiger partial charge in [-0.3, -0.25) is 14.5 Å². The topological polar surface area (TPSA) is 52.7 Å². The van der Waals surface area contributed by atoms with Gasteiger partial charge in [0.15, 0.2) is 0 Å². The predicted molar refractivity (Wildman–Crippen MR) is 104 cm³/mol. The molecular weight excluding hydrogens is 326 g/mol. The van der Waals surface area contributed by atoms with E-state index in [2.05, 4.69) is 17.1 Å². The Labute approximate surface area is 156 Å². The molecule has 2 aliphatic heterocycles. The van der Waals surface area contributed by atoms with Crippen LogP contribution < -0.4 is 5.32 Å². The molecule has 3 rings (SSSR count). The minimum Gasteiger partial charge on any atom is -0.339 e. The standard InChI is InChI=1S/C21H31N3O2/c1-17-9-13-24(14-10-17)21(26)18-7-6-8-19(15-18)22-20(25)16-23-11-4-2-3-5-12-23/h6-8,15,17H,2-5,9-14,16H2,1H3,(H,22,25). The Morgan fingerprint density at radius 1 is 1.04 bits per heavy atom. The number of rotatable bonds is 4. The Kier molecular flexibility index (Phi) is 6.67. The smallest absolute Gasteiger partial charge is 0.253 e. The summed E-state index contributed by atoms with van der Waals surface area (Å²) < 4.78 is 0. The average Bonchev–Trinajstić information content (AvgIpc) is 2.90. The van der Waals surface area contributed by atoms with Crippen LogP contribution in [0, 0.1) is 5.92 Å². The van der Waals surface area contributed by atoms with Crippen molar-refractivity contribution in [1.82, 2.24) is 9.80 Å². The molecule has 26 heavy (non-hydrogen) atoms. The second-order valence-electron chi connectivity index (χ2n) is 7.79. The Balaban J connectivity index is 1.56. The van der Waals surface area contributed by atoms with Crippen LogP contribution in [0.15, 0.2) is 24.3 Å². The van der Waals surface area contributed by atoms with E-state index < -0.39 is 0 Å². The van der Waals surface area contributed by atoms with Gasteiger partial charge in [0.05, 0.1) is 6.54 Å². The maximum atomic E-state index is 12.7. The van der Waals surface area contributed by atoms with Crippen molar-refractivity contribution in [2.75, 3.05) is 38.0 Å². The van der Waals surface area contributed by atoms with Gasteiger partial charge in [0.2, 0.25) is 5.91 Å². The van der Waals surface area contributed by atoms with E-state index >= 15 is 0 Å². The van der Waals surface area contributed by atoms with Gasteiger partial charge in [0.1, 0.15) is 0 Å². The Morgan fingerprint density at radius 2 is 1.73 bits per heavy atom. The number of hydrogen-bond acceptors (Lipinski definition) is 3. The maximum Gasteiger partial charge on any atom is 0.253 e. The van der Waals surface area contributed by atoms with Gasteiger partial charge >= 0.3 is 0 Å². The summed E-state index contributed by atoms with van der Waals surface area (Å²) in [6.45, 7) is 6.32. The number of nitrogens with zero attached hydrogens (tertiary/aromatic N) is 2. The van der Waals surface area contributed by atoms with Crippen molar-refractivity contribution in [1.29, 1.82) is 0 Å². The highest BCUT2D eigenvalue weighted by molar-refractivity contribution is 5.97. The highest BCUT2D eigenvalue weighted by Crippen LogP contribution is 2.19. The van der Waals surface area contributed by atoms with Crippen molar-refractivity contribution in [3.05, 3.63) is 29.8 Å². The van der Waals surface area contributed by atoms with Crippen molar-refractivity contribution in [3.8, 4) is 0 Å². The Bertz CT molecular complexity index is 615. The van der Waals surface area contributed by atoms with Crippen LogP contribution in [0.3, 0.4) is 0 Å². The monoisotopic (exact) mass is 357 g/mol. The fraction of sp³-hybridized carbons (Fsp3) is 0.619. The number of likely N-dealkylation sites (tertiary alicyclic amines) is 2. The lowest BCUT2D eigenvalue weighted by Crippen LogP contribution is -2.38. The largest absolute Gasteiger partial charge is 0.339 e. The second kappa shape index (κ2) is 9.17. The van der Waals surface area contributed by atoms with E-state index in [1.54, 1.807) is 6.07 Å². The molecule has 142 valence electrons. The number of amides is 2. The van der Waals surface area contributed by atoms with Crippen LogP contribution in [0.1, 0.15) is 55.8 Å². The van der Waals surface area contributed by atoms with Gasteiger partial charge < -0.3 is 10.2 Å². The normalized spacial score (nSPS) is 19.8. The Hall–Kier alpha value is -1.88. The van der Waals surface area contributed by atoms with Crippen molar-refractivity contribution in [2.45, 2.75) is 45.4 Å². The van der Waals surface area contributed by atoms with E-state index in [1.165, 1.54) is 25.7 Å². The van der Waals surface area contributed by atoms with Crippen molar-refractivity contribution < 1.29 is 9.59 Å². The molecular formula is C21H31N3O2. The zero-order valence-corrected chi connectivity index (χ0v) is 15.9. The Morgan fingerprint density at radius 3 is 2.42 bits per heavy atom. The van der Waals surface area contributed by atoms with Crippen molar-refractivity contribution >= 4 is 17.5 Å². The first kappa shape index (κ1) is 18.9. The highest BCUT2D eigenvalue weighted by Gasteiger charge is 2.21. The second-order valence-corrected chi connectivity index (χ2v) is 7.79. The van der Waals surface area contributed by atoms with Crippen LogP contribution >= 0.6 is 0 Å². The molecule has 2 aliphatic rings. The molecule has 5 nitrogen and oxygen atoms in total. The van der Waals surface area contributed by atoms with Gasteiger partial charge in [-0.15, -0.1) is 0 Å². The van der Waals surface area contributed by atoms with Crippen LogP contribution in [0.25, 0.3) is 0 Å². The summed E-state index contributed by atoms with van der Waals surface area (Å²) in [6.07, 6.45) is 7.00. The van der Waals surface area contributed by atoms with E-state index in [-0.39, 0.29) is 11.8 Å².